The molecule has 0 saturated carbocycles. The van der Waals surface area contributed by atoms with Crippen molar-refractivity contribution in [3.05, 3.63) is 35.4 Å². The second-order valence-electron chi connectivity index (χ2n) is 5.16. The van der Waals surface area contributed by atoms with Crippen LogP contribution >= 0.6 is 0 Å². The van der Waals surface area contributed by atoms with Crippen molar-refractivity contribution in [2.45, 2.75) is 31.6 Å². The number of benzene rings is 1. The first-order valence-corrected chi connectivity index (χ1v) is 6.69. The molecule has 3 unspecified atom stereocenters. The normalized spacial score (nSPS) is 23.2. The first-order chi connectivity index (χ1) is 9.92. The van der Waals surface area contributed by atoms with Gasteiger partial charge in [-0.1, -0.05) is 6.07 Å². The summed E-state index contributed by atoms with van der Waals surface area (Å²) >= 11 is 0. The number of carbonyl (C=O) groups is 1. The Kier molecular flexibility index (Phi) is 4.72. The fourth-order valence-corrected chi connectivity index (χ4v) is 2.48. The number of nitrogens with one attached hydrogen (secondary N) is 1. The van der Waals surface area contributed by atoms with E-state index in [9.17, 15) is 18.0 Å². The van der Waals surface area contributed by atoms with Crippen LogP contribution < -0.4 is 5.32 Å². The highest BCUT2D eigenvalue weighted by molar-refractivity contribution is 5.75. The quantitative estimate of drug-likeness (QED) is 0.899. The first kappa shape index (κ1) is 15.6. The minimum absolute atomic E-state index is 0.0865. The predicted molar refractivity (Wildman–Crippen MR) is 70.4 cm³/mol. The van der Waals surface area contributed by atoms with Crippen LogP contribution in [0, 0.1) is 11.6 Å². The smallest absolute Gasteiger partial charge is 0.318 e. The van der Waals surface area contributed by atoms with Crippen molar-refractivity contribution in [2.24, 2.45) is 0 Å². The molecule has 21 heavy (non-hydrogen) atoms. The van der Waals surface area contributed by atoms with Crippen molar-refractivity contribution in [3.8, 4) is 0 Å². The number of urea groups is 1. The fourth-order valence-electron chi connectivity index (χ4n) is 2.48. The molecule has 1 aromatic rings. The van der Waals surface area contributed by atoms with Crippen LogP contribution in [-0.2, 0) is 0 Å². The maximum Gasteiger partial charge on any atom is 0.318 e. The van der Waals surface area contributed by atoms with E-state index in [2.05, 4.69) is 5.32 Å². The molecular formula is C14H17F3N2O2. The van der Waals surface area contributed by atoms with Gasteiger partial charge in [0.15, 0.2) is 0 Å². The third-order valence-corrected chi connectivity index (χ3v) is 3.60. The minimum Gasteiger partial charge on any atom is -0.394 e. The average Bonchev–Trinajstić information content (AvgIpc) is 2.79. The van der Waals surface area contributed by atoms with Crippen LogP contribution in [0.25, 0.3) is 0 Å². The molecule has 0 radical (unpaired) electrons. The lowest BCUT2D eigenvalue weighted by Crippen LogP contribution is -2.45. The zero-order chi connectivity index (χ0) is 15.6. The molecule has 7 heteroatoms. The summed E-state index contributed by atoms with van der Waals surface area (Å²) in [5.74, 6) is -1.46. The third-order valence-electron chi connectivity index (χ3n) is 3.60. The lowest BCUT2D eigenvalue weighted by atomic mass is 10.1. The van der Waals surface area contributed by atoms with Crippen LogP contribution in [0.3, 0.4) is 0 Å². The number of amides is 2. The molecule has 0 bridgehead atoms. The first-order valence-electron chi connectivity index (χ1n) is 6.69. The Balaban J connectivity index is 2.05. The van der Waals surface area contributed by atoms with Crippen molar-refractivity contribution in [2.75, 3.05) is 13.2 Å². The molecule has 1 saturated heterocycles. The van der Waals surface area contributed by atoms with Crippen LogP contribution in [0.2, 0.25) is 0 Å². The molecule has 116 valence electrons. The molecule has 2 rings (SSSR count). The summed E-state index contributed by atoms with van der Waals surface area (Å²) in [7, 11) is 0. The molecule has 1 fully saturated rings. The van der Waals surface area contributed by atoms with Crippen molar-refractivity contribution in [1.82, 2.24) is 10.2 Å². The Labute approximate surface area is 120 Å². The van der Waals surface area contributed by atoms with Gasteiger partial charge in [-0.3, -0.25) is 0 Å². The zero-order valence-corrected chi connectivity index (χ0v) is 11.5. The Morgan fingerprint density at radius 1 is 1.52 bits per heavy atom. The van der Waals surface area contributed by atoms with E-state index in [1.54, 1.807) is 6.92 Å². The van der Waals surface area contributed by atoms with Crippen molar-refractivity contribution < 1.29 is 23.1 Å². The van der Waals surface area contributed by atoms with E-state index in [1.807, 2.05) is 0 Å². The highest BCUT2D eigenvalue weighted by Crippen LogP contribution is 2.22. The molecule has 0 aliphatic carbocycles. The van der Waals surface area contributed by atoms with E-state index < -0.39 is 35.9 Å². The average molecular weight is 302 g/mol. The molecule has 2 amide bonds. The van der Waals surface area contributed by atoms with Crippen LogP contribution in [0.15, 0.2) is 18.2 Å². The predicted octanol–water partition coefficient (Wildman–Crippen LogP) is 2.14. The fraction of sp³-hybridized carbons (Fsp3) is 0.500. The van der Waals surface area contributed by atoms with E-state index in [1.165, 1.54) is 11.0 Å². The van der Waals surface area contributed by atoms with Gasteiger partial charge in [0.05, 0.1) is 25.2 Å². The summed E-state index contributed by atoms with van der Waals surface area (Å²) in [6.07, 6.45) is -1.09. The molecule has 0 aromatic heterocycles. The number of rotatable bonds is 3. The van der Waals surface area contributed by atoms with Gasteiger partial charge >= 0.3 is 6.03 Å². The lowest BCUT2D eigenvalue weighted by Gasteiger charge is -2.25. The van der Waals surface area contributed by atoms with Crippen molar-refractivity contribution in [3.63, 3.8) is 0 Å². The second-order valence-corrected chi connectivity index (χ2v) is 5.16. The molecule has 0 spiro atoms. The largest absolute Gasteiger partial charge is 0.394 e. The van der Waals surface area contributed by atoms with Gasteiger partial charge in [-0.2, -0.15) is 0 Å². The highest BCUT2D eigenvalue weighted by atomic mass is 19.1. The topological polar surface area (TPSA) is 52.6 Å². The Morgan fingerprint density at radius 2 is 2.24 bits per heavy atom. The van der Waals surface area contributed by atoms with Crippen LogP contribution in [0.5, 0.6) is 0 Å². The summed E-state index contributed by atoms with van der Waals surface area (Å²) in [4.78, 5) is 13.3. The third kappa shape index (κ3) is 3.47. The molecule has 1 aromatic carbocycles. The standard InChI is InChI=1S/C14H17F3N2O2/c1-8(12-3-2-9(15)5-13(12)17)18-14(21)19-6-10(16)4-11(19)7-20/h2-3,5,8,10-11,20H,4,6-7H2,1H3,(H,18,21). The zero-order valence-electron chi connectivity index (χ0n) is 11.5. The van der Waals surface area contributed by atoms with Crippen LogP contribution in [0.1, 0.15) is 24.9 Å². The molecular weight excluding hydrogens is 285 g/mol. The number of halogens is 3. The van der Waals surface area contributed by atoms with Gasteiger partial charge < -0.3 is 15.3 Å². The lowest BCUT2D eigenvalue weighted by molar-refractivity contribution is 0.154. The van der Waals surface area contributed by atoms with E-state index in [0.717, 1.165) is 12.1 Å². The van der Waals surface area contributed by atoms with Gasteiger partial charge in [0.2, 0.25) is 0 Å². The van der Waals surface area contributed by atoms with E-state index >= 15 is 0 Å². The molecule has 2 N–H and O–H groups in total. The molecule has 4 nitrogen and oxygen atoms in total. The summed E-state index contributed by atoms with van der Waals surface area (Å²) in [6, 6.07) is 1.24. The maximum atomic E-state index is 13.6. The summed E-state index contributed by atoms with van der Waals surface area (Å²) < 4.78 is 39.8. The van der Waals surface area contributed by atoms with Gasteiger partial charge in [0.1, 0.15) is 17.8 Å². The van der Waals surface area contributed by atoms with Gasteiger partial charge in [-0.25, -0.2) is 18.0 Å². The van der Waals surface area contributed by atoms with Crippen LogP contribution in [-0.4, -0.2) is 41.4 Å². The van der Waals surface area contributed by atoms with Gasteiger partial charge in [0.25, 0.3) is 0 Å². The molecule has 3 atom stereocenters. The second kappa shape index (κ2) is 6.34. The van der Waals surface area contributed by atoms with E-state index in [-0.39, 0.29) is 25.1 Å². The number of aliphatic hydroxyl groups excluding tert-OH is 1. The number of hydrogen-bond donors (Lipinski definition) is 2. The number of carbonyl (C=O) groups excluding carboxylic acids is 1. The Morgan fingerprint density at radius 3 is 2.86 bits per heavy atom. The summed E-state index contributed by atoms with van der Waals surface area (Å²) in [5, 5.41) is 11.7. The Hall–Kier alpha value is -1.76. The maximum absolute atomic E-state index is 13.6. The molecule has 1 aliphatic heterocycles. The van der Waals surface area contributed by atoms with E-state index in [0.29, 0.717) is 0 Å². The number of alkyl halides is 1. The highest BCUT2D eigenvalue weighted by Gasteiger charge is 2.35. The van der Waals surface area contributed by atoms with E-state index in [4.69, 9.17) is 5.11 Å². The summed E-state index contributed by atoms with van der Waals surface area (Å²) in [5.41, 5.74) is 0.140. The van der Waals surface area contributed by atoms with Crippen LogP contribution in [0.4, 0.5) is 18.0 Å². The summed E-state index contributed by atoms with van der Waals surface area (Å²) in [6.45, 7) is 1.12. The van der Waals surface area contributed by atoms with Gasteiger partial charge in [-0.05, 0) is 13.0 Å². The van der Waals surface area contributed by atoms with Crippen molar-refractivity contribution in [1.29, 1.82) is 0 Å². The number of likely N-dealkylation sites (tertiary alicyclic amines) is 1. The monoisotopic (exact) mass is 302 g/mol. The van der Waals surface area contributed by atoms with Gasteiger partial charge in [0, 0.05) is 18.1 Å². The number of hydrogen-bond acceptors (Lipinski definition) is 2. The number of aliphatic hydroxyl groups is 1. The van der Waals surface area contributed by atoms with Gasteiger partial charge in [-0.15, -0.1) is 0 Å². The SMILES string of the molecule is CC(NC(=O)N1CC(F)CC1CO)c1ccc(F)cc1F. The number of nitrogens with zero attached hydrogens (tertiary/aromatic N) is 1. The minimum atomic E-state index is -1.18. The molecule has 1 heterocycles. The Bertz CT molecular complexity index is 527. The van der Waals surface area contributed by atoms with Crippen molar-refractivity contribution >= 4 is 6.03 Å². The molecule has 1 aliphatic rings.